The van der Waals surface area contributed by atoms with Gasteiger partial charge in [0.1, 0.15) is 0 Å². The largest absolute Gasteiger partial charge is 0.435 e. The average molecular weight is 1000 g/mol. The van der Waals surface area contributed by atoms with Crippen LogP contribution >= 0.6 is 0 Å². The van der Waals surface area contributed by atoms with Crippen LogP contribution in [0.2, 0.25) is 0 Å². The van der Waals surface area contributed by atoms with E-state index in [0.717, 1.165) is 71.5 Å². The van der Waals surface area contributed by atoms with E-state index >= 15 is 0 Å². The second-order valence-corrected chi connectivity index (χ2v) is 25.3. The molecule has 72 heavy (non-hydrogen) atoms. The first kappa shape index (κ1) is 53.5. The third kappa shape index (κ3) is 12.3. The van der Waals surface area contributed by atoms with E-state index < -0.39 is 6.29 Å². The molecule has 0 radical (unpaired) electrons. The van der Waals surface area contributed by atoms with E-state index in [1.54, 1.807) is 27.7 Å². The van der Waals surface area contributed by atoms with Gasteiger partial charge in [-0.05, 0) is 251 Å². The third-order valence-electron chi connectivity index (χ3n) is 20.0. The summed E-state index contributed by atoms with van der Waals surface area (Å²) in [5.74, 6) is 12.3. The molecule has 11 atom stereocenters. The van der Waals surface area contributed by atoms with E-state index in [4.69, 9.17) is 37.9 Å². The minimum absolute atomic E-state index is 0.0829. The third-order valence-corrected chi connectivity index (χ3v) is 20.0. The summed E-state index contributed by atoms with van der Waals surface area (Å²) in [4.78, 5) is 45.2. The molecule has 0 heterocycles. The summed E-state index contributed by atoms with van der Waals surface area (Å²) >= 11 is 0. The van der Waals surface area contributed by atoms with Crippen molar-refractivity contribution in [2.24, 2.45) is 94.7 Å². The molecule has 11 unspecified atom stereocenters. The highest BCUT2D eigenvalue weighted by atomic mass is 16.7. The summed E-state index contributed by atoms with van der Waals surface area (Å²) < 4.78 is 43.7. The Labute approximate surface area is 430 Å². The quantitative estimate of drug-likeness (QED) is 0.0477. The maximum Gasteiger partial charge on any atom is 0.335 e. The summed E-state index contributed by atoms with van der Waals surface area (Å²) in [5, 5.41) is 0. The van der Waals surface area contributed by atoms with Gasteiger partial charge in [-0.25, -0.2) is 19.2 Å². The number of carbonyl (C=O) groups excluding carboxylic acids is 4. The Morgan fingerprint density at radius 3 is 1.29 bits per heavy atom. The highest BCUT2D eigenvalue weighted by Gasteiger charge is 2.62. The lowest BCUT2D eigenvalue weighted by atomic mass is 9.55. The Kier molecular flexibility index (Phi) is 17.3. The molecular formula is C60H88O12. The van der Waals surface area contributed by atoms with Gasteiger partial charge < -0.3 is 37.9 Å². The van der Waals surface area contributed by atoms with Crippen LogP contribution < -0.4 is 0 Å². The van der Waals surface area contributed by atoms with Crippen molar-refractivity contribution in [1.29, 1.82) is 0 Å². The Morgan fingerprint density at radius 2 is 0.833 bits per heavy atom. The van der Waals surface area contributed by atoms with Crippen LogP contribution in [0.1, 0.15) is 157 Å². The number of fused-ring (bicyclic) bond motifs is 11. The molecule has 0 aliphatic heterocycles. The lowest BCUT2D eigenvalue weighted by Crippen LogP contribution is -2.50. The Balaban J connectivity index is 0.000000119. The summed E-state index contributed by atoms with van der Waals surface area (Å²) in [7, 11) is 0. The van der Waals surface area contributed by atoms with Crippen molar-refractivity contribution in [2.75, 3.05) is 20.4 Å². The van der Waals surface area contributed by atoms with Crippen molar-refractivity contribution in [1.82, 2.24) is 0 Å². The van der Waals surface area contributed by atoms with Crippen molar-refractivity contribution in [3.63, 3.8) is 0 Å². The molecule has 0 N–H and O–H groups in total. The highest BCUT2D eigenvalue weighted by molar-refractivity contribution is 5.88. The summed E-state index contributed by atoms with van der Waals surface area (Å²) in [5.41, 5.74) is 1.73. The van der Waals surface area contributed by atoms with Crippen LogP contribution in [0.4, 0.5) is 0 Å². The van der Waals surface area contributed by atoms with Crippen LogP contribution in [0, 0.1) is 94.7 Å². The van der Waals surface area contributed by atoms with Crippen molar-refractivity contribution in [3.8, 4) is 0 Å². The van der Waals surface area contributed by atoms with Gasteiger partial charge in [-0.15, -0.1) is 0 Å². The van der Waals surface area contributed by atoms with Gasteiger partial charge in [0.05, 0.1) is 24.4 Å². The molecule has 400 valence electrons. The normalized spacial score (nSPS) is 41.1. The van der Waals surface area contributed by atoms with Gasteiger partial charge in [0.15, 0.2) is 20.4 Å². The summed E-state index contributed by atoms with van der Waals surface area (Å²) in [6, 6.07) is 0. The molecule has 0 aromatic rings. The molecule has 14 saturated carbocycles. The maximum absolute atomic E-state index is 11.5. The lowest BCUT2D eigenvalue weighted by molar-refractivity contribution is -0.216. The molecular weight excluding hydrogens is 913 g/mol. The first-order valence-corrected chi connectivity index (χ1v) is 28.3. The van der Waals surface area contributed by atoms with Crippen LogP contribution in [0.5, 0.6) is 0 Å². The first-order chi connectivity index (χ1) is 34.5. The second kappa shape index (κ2) is 23.3. The minimum Gasteiger partial charge on any atom is -0.435 e. The van der Waals surface area contributed by atoms with Crippen LogP contribution in [0.3, 0.4) is 0 Å². The number of carbonyl (C=O) groups is 4. The number of ether oxygens (including phenoxy) is 8. The van der Waals surface area contributed by atoms with Gasteiger partial charge in [0.2, 0.25) is 6.29 Å². The average Bonchev–Trinajstić information content (AvgIpc) is 4.22. The molecule has 14 fully saturated rings. The van der Waals surface area contributed by atoms with Gasteiger partial charge in [-0.3, -0.25) is 0 Å². The van der Waals surface area contributed by atoms with Gasteiger partial charge in [0, 0.05) is 22.3 Å². The van der Waals surface area contributed by atoms with E-state index in [-0.39, 0.29) is 44.3 Å². The molecule has 0 aromatic heterocycles. The number of hydrogen-bond donors (Lipinski definition) is 0. The standard InChI is InChI=1S/C17H24O3.C16H24O3.C15H22O3.C12H18O3/c1-9(2)17(18)20-8-19-14-7-12-6-13(14)16-11-4-3-10(5-11)15(12)16;1-9(2)16(17)19-10(3)18-15-13-5-11-4-12(7-13)8-14(15)6-11;1-9(2)15(16)18-8-17-14-12-4-10-3-11(6-12)7-13(14)5-10;1-8(2)12(13)15-7-14-11-6-9-3-4-10(11)5-9/h10-16H,1,3-8H2,2H3;10-15H,1,4-8H2,2-3H3;10-14H,1,3-8H2,2H3;9-11H,1,3-7H2,2H3. The molecule has 14 bridgehead atoms. The topological polar surface area (TPSA) is 142 Å². The molecule has 14 aliphatic rings. The van der Waals surface area contributed by atoms with E-state index in [0.29, 0.717) is 76.3 Å². The molecule has 0 saturated heterocycles. The first-order valence-electron chi connectivity index (χ1n) is 28.3. The fourth-order valence-corrected chi connectivity index (χ4v) is 17.7. The van der Waals surface area contributed by atoms with Crippen molar-refractivity contribution in [2.45, 2.75) is 187 Å². The van der Waals surface area contributed by atoms with Gasteiger partial charge >= 0.3 is 23.9 Å². The zero-order valence-electron chi connectivity index (χ0n) is 44.4. The maximum atomic E-state index is 11.5. The van der Waals surface area contributed by atoms with Gasteiger partial charge in [-0.2, -0.15) is 0 Å². The lowest BCUT2D eigenvalue weighted by Gasteiger charge is -2.54. The smallest absolute Gasteiger partial charge is 0.335 e. The molecule has 0 spiro atoms. The predicted octanol–water partition coefficient (Wildman–Crippen LogP) is 11.6. The molecule has 14 rings (SSSR count). The zero-order valence-corrected chi connectivity index (χ0v) is 44.4. The number of hydrogen-bond acceptors (Lipinski definition) is 12. The van der Waals surface area contributed by atoms with Crippen LogP contribution in [-0.2, 0) is 57.1 Å². The second-order valence-electron chi connectivity index (χ2n) is 25.3. The SMILES string of the molecule is C=C(C)C(=O)OC(C)OC1C2CC3CC(C2)CC1C3.C=C(C)C(=O)OCOC1C2CC3CC(C2)CC1C3.C=C(C)C(=O)OCOC1CC2CC1C1C3CCC(C3)C21.C=C(C)C(=O)OCOC1CC2CCC1C2. The molecule has 14 aliphatic carbocycles. The van der Waals surface area contributed by atoms with Crippen LogP contribution in [-0.4, -0.2) is 75.0 Å². The minimum atomic E-state index is -0.452. The monoisotopic (exact) mass is 1000 g/mol. The number of rotatable bonds is 16. The van der Waals surface area contributed by atoms with Crippen molar-refractivity contribution in [3.05, 3.63) is 48.6 Å². The Morgan fingerprint density at radius 1 is 0.403 bits per heavy atom. The van der Waals surface area contributed by atoms with Gasteiger partial charge in [0.25, 0.3) is 0 Å². The van der Waals surface area contributed by atoms with Crippen LogP contribution in [0.15, 0.2) is 48.6 Å². The fraction of sp³-hybridized carbons (Fsp3) is 0.800. The molecule has 12 nitrogen and oxygen atoms in total. The highest BCUT2D eigenvalue weighted by Crippen LogP contribution is 2.68. The predicted molar refractivity (Wildman–Crippen MR) is 271 cm³/mol. The number of esters is 4. The molecule has 0 aromatic carbocycles. The molecule has 0 amide bonds. The molecule has 12 heteroatoms. The van der Waals surface area contributed by atoms with Crippen molar-refractivity contribution >= 4 is 23.9 Å². The Bertz CT molecular complexity index is 1970. The zero-order chi connectivity index (χ0) is 51.0. The van der Waals surface area contributed by atoms with E-state index in [1.807, 2.05) is 6.92 Å². The Hall–Kier alpha value is -3.32. The fourth-order valence-electron chi connectivity index (χ4n) is 17.7. The van der Waals surface area contributed by atoms with E-state index in [9.17, 15) is 19.2 Å². The van der Waals surface area contributed by atoms with Gasteiger partial charge in [-0.1, -0.05) is 26.3 Å². The summed E-state index contributed by atoms with van der Waals surface area (Å²) in [6.07, 6.45) is 26.4. The van der Waals surface area contributed by atoms with E-state index in [2.05, 4.69) is 26.3 Å². The van der Waals surface area contributed by atoms with E-state index in [1.165, 1.54) is 116 Å². The van der Waals surface area contributed by atoms with Crippen molar-refractivity contribution < 1.29 is 57.1 Å². The van der Waals surface area contributed by atoms with Crippen LogP contribution in [0.25, 0.3) is 0 Å². The summed E-state index contributed by atoms with van der Waals surface area (Å²) in [6.45, 7) is 23.0.